The Labute approximate surface area is 203 Å². The van der Waals surface area contributed by atoms with Crippen LogP contribution in [0.15, 0.2) is 58.3 Å². The molecule has 0 radical (unpaired) electrons. The van der Waals surface area contributed by atoms with Crippen molar-refractivity contribution >= 4 is 34.7 Å². The zero-order chi connectivity index (χ0) is 24.1. The first-order valence-electron chi connectivity index (χ1n) is 11.5. The van der Waals surface area contributed by atoms with Crippen molar-refractivity contribution in [1.29, 1.82) is 0 Å². The summed E-state index contributed by atoms with van der Waals surface area (Å²) in [5, 5.41) is 7.60. The molecule has 1 aromatic carbocycles. The van der Waals surface area contributed by atoms with Crippen LogP contribution in [0.25, 0.3) is 0 Å². The van der Waals surface area contributed by atoms with Crippen molar-refractivity contribution in [3.63, 3.8) is 0 Å². The molecule has 3 amide bonds. The SMILES string of the molecule is Cc1ccc(N(C(=O)CNC(=O)c2cccs2)[C@@H](C(=O)NC2CCCC2)c2ccc(C)o2)cc1. The molecule has 1 atom stereocenters. The van der Waals surface area contributed by atoms with Crippen LogP contribution in [0.1, 0.15) is 58.5 Å². The van der Waals surface area contributed by atoms with Gasteiger partial charge < -0.3 is 15.1 Å². The number of hydrogen-bond donors (Lipinski definition) is 2. The number of benzene rings is 1. The van der Waals surface area contributed by atoms with E-state index in [1.807, 2.05) is 19.1 Å². The number of carbonyl (C=O) groups excluding carboxylic acids is 3. The van der Waals surface area contributed by atoms with Gasteiger partial charge in [-0.1, -0.05) is 36.6 Å². The summed E-state index contributed by atoms with van der Waals surface area (Å²) in [6.07, 6.45) is 3.99. The molecule has 2 aromatic heterocycles. The molecular weight excluding hydrogens is 450 g/mol. The number of amides is 3. The maximum atomic E-state index is 13.6. The molecule has 2 N–H and O–H groups in total. The van der Waals surface area contributed by atoms with Crippen LogP contribution in [0.3, 0.4) is 0 Å². The van der Waals surface area contributed by atoms with Gasteiger partial charge in [-0.05, 0) is 62.4 Å². The first-order valence-corrected chi connectivity index (χ1v) is 12.4. The monoisotopic (exact) mass is 479 g/mol. The zero-order valence-corrected chi connectivity index (χ0v) is 20.2. The molecule has 1 aliphatic rings. The third kappa shape index (κ3) is 5.56. The van der Waals surface area contributed by atoms with Gasteiger partial charge in [0.05, 0.1) is 11.4 Å². The number of anilines is 1. The van der Waals surface area contributed by atoms with E-state index in [4.69, 9.17) is 4.42 Å². The fraction of sp³-hybridized carbons (Fsp3) is 0.346. The number of aryl methyl sites for hydroxylation is 2. The van der Waals surface area contributed by atoms with Crippen LogP contribution in [-0.2, 0) is 9.59 Å². The first kappa shape index (κ1) is 23.8. The lowest BCUT2D eigenvalue weighted by atomic mass is 10.1. The summed E-state index contributed by atoms with van der Waals surface area (Å²) in [5.74, 6) is 0.00428. The Balaban J connectivity index is 1.65. The summed E-state index contributed by atoms with van der Waals surface area (Å²) in [6, 6.07) is 13.5. The Hall–Kier alpha value is -3.39. The molecule has 4 rings (SSSR count). The van der Waals surface area contributed by atoms with Crippen molar-refractivity contribution in [2.24, 2.45) is 0 Å². The third-order valence-corrected chi connectivity index (χ3v) is 6.83. The highest BCUT2D eigenvalue weighted by Crippen LogP contribution is 2.30. The van der Waals surface area contributed by atoms with Crippen LogP contribution in [-0.4, -0.2) is 30.3 Å². The molecule has 0 aliphatic heterocycles. The average molecular weight is 480 g/mol. The summed E-state index contributed by atoms with van der Waals surface area (Å²) >= 11 is 1.30. The molecule has 1 saturated carbocycles. The van der Waals surface area contributed by atoms with Crippen molar-refractivity contribution in [3.05, 3.63) is 75.9 Å². The van der Waals surface area contributed by atoms with E-state index in [0.717, 1.165) is 31.2 Å². The lowest BCUT2D eigenvalue weighted by Gasteiger charge is -2.31. The summed E-state index contributed by atoms with van der Waals surface area (Å²) in [4.78, 5) is 41.5. The quantitative estimate of drug-likeness (QED) is 0.497. The number of thiophene rings is 1. The van der Waals surface area contributed by atoms with Crippen LogP contribution in [0, 0.1) is 13.8 Å². The van der Waals surface area contributed by atoms with E-state index in [-0.39, 0.29) is 24.4 Å². The summed E-state index contributed by atoms with van der Waals surface area (Å²) in [7, 11) is 0. The maximum Gasteiger partial charge on any atom is 0.261 e. The van der Waals surface area contributed by atoms with Gasteiger partial charge in [0.2, 0.25) is 5.91 Å². The fourth-order valence-electron chi connectivity index (χ4n) is 4.20. The highest BCUT2D eigenvalue weighted by atomic mass is 32.1. The van der Waals surface area contributed by atoms with Crippen molar-refractivity contribution < 1.29 is 18.8 Å². The van der Waals surface area contributed by atoms with Crippen molar-refractivity contribution in [2.45, 2.75) is 51.6 Å². The predicted octanol–water partition coefficient (Wildman–Crippen LogP) is 4.52. The largest absolute Gasteiger partial charge is 0.464 e. The van der Waals surface area contributed by atoms with Gasteiger partial charge in [0, 0.05) is 11.7 Å². The van der Waals surface area contributed by atoms with Crippen molar-refractivity contribution in [1.82, 2.24) is 10.6 Å². The second-order valence-electron chi connectivity index (χ2n) is 8.60. The van der Waals surface area contributed by atoms with Crippen LogP contribution in [0.5, 0.6) is 0 Å². The van der Waals surface area contributed by atoms with E-state index in [0.29, 0.717) is 22.1 Å². The Morgan fingerprint density at radius 1 is 1.06 bits per heavy atom. The highest BCUT2D eigenvalue weighted by Gasteiger charge is 2.36. The van der Waals surface area contributed by atoms with E-state index in [1.165, 1.54) is 16.2 Å². The number of carbonyl (C=O) groups is 3. The molecule has 8 heteroatoms. The average Bonchev–Trinajstić information content (AvgIpc) is 3.60. The molecule has 3 aromatic rings. The van der Waals surface area contributed by atoms with E-state index < -0.39 is 11.9 Å². The number of hydrogen-bond acceptors (Lipinski definition) is 5. The molecule has 0 unspecified atom stereocenters. The number of nitrogens with zero attached hydrogens (tertiary/aromatic N) is 1. The van der Waals surface area contributed by atoms with E-state index in [9.17, 15) is 14.4 Å². The lowest BCUT2D eigenvalue weighted by molar-refractivity contribution is -0.127. The predicted molar refractivity (Wildman–Crippen MR) is 132 cm³/mol. The van der Waals surface area contributed by atoms with Gasteiger partial charge in [0.15, 0.2) is 6.04 Å². The Morgan fingerprint density at radius 2 is 1.79 bits per heavy atom. The topological polar surface area (TPSA) is 91.7 Å². The molecule has 2 heterocycles. The summed E-state index contributed by atoms with van der Waals surface area (Å²) < 4.78 is 5.85. The first-order chi connectivity index (χ1) is 16.4. The number of nitrogens with one attached hydrogen (secondary N) is 2. The van der Waals surface area contributed by atoms with Gasteiger partial charge in [-0.15, -0.1) is 11.3 Å². The van der Waals surface area contributed by atoms with Gasteiger partial charge in [-0.2, -0.15) is 0 Å². The standard InChI is InChI=1S/C26H29N3O4S/c1-17-9-12-20(13-10-17)29(23(30)16-27-25(31)22-8-5-15-34-22)24(21-14-11-18(2)33-21)26(32)28-19-6-3-4-7-19/h5,8-15,19,24H,3-4,6-7,16H2,1-2H3,(H,27,31)(H,28,32)/t24-/m1/s1. The van der Waals surface area contributed by atoms with Gasteiger partial charge in [-0.25, -0.2) is 0 Å². The molecule has 0 saturated heterocycles. The van der Waals surface area contributed by atoms with Crippen LogP contribution in [0.4, 0.5) is 5.69 Å². The molecule has 34 heavy (non-hydrogen) atoms. The van der Waals surface area contributed by atoms with Gasteiger partial charge >= 0.3 is 0 Å². The molecular formula is C26H29N3O4S. The van der Waals surface area contributed by atoms with Gasteiger partial charge in [0.1, 0.15) is 11.5 Å². The molecule has 1 fully saturated rings. The zero-order valence-electron chi connectivity index (χ0n) is 19.4. The van der Waals surface area contributed by atoms with E-state index in [1.54, 1.807) is 48.7 Å². The molecule has 7 nitrogen and oxygen atoms in total. The lowest BCUT2D eigenvalue weighted by Crippen LogP contribution is -2.49. The van der Waals surface area contributed by atoms with Crippen LogP contribution >= 0.6 is 11.3 Å². The Morgan fingerprint density at radius 3 is 2.41 bits per heavy atom. The van der Waals surface area contributed by atoms with Crippen molar-refractivity contribution in [2.75, 3.05) is 11.4 Å². The smallest absolute Gasteiger partial charge is 0.261 e. The number of furan rings is 1. The van der Waals surface area contributed by atoms with E-state index >= 15 is 0 Å². The fourth-order valence-corrected chi connectivity index (χ4v) is 4.84. The Kier molecular flexibility index (Phi) is 7.47. The second-order valence-corrected chi connectivity index (χ2v) is 9.55. The van der Waals surface area contributed by atoms with Crippen molar-refractivity contribution in [3.8, 4) is 0 Å². The summed E-state index contributed by atoms with van der Waals surface area (Å²) in [6.45, 7) is 3.50. The highest BCUT2D eigenvalue weighted by molar-refractivity contribution is 7.12. The van der Waals surface area contributed by atoms with E-state index in [2.05, 4.69) is 10.6 Å². The molecule has 1 aliphatic carbocycles. The second kappa shape index (κ2) is 10.7. The summed E-state index contributed by atoms with van der Waals surface area (Å²) in [5.41, 5.74) is 1.59. The molecule has 0 spiro atoms. The molecule has 178 valence electrons. The van der Waals surface area contributed by atoms with Gasteiger partial charge in [0.25, 0.3) is 11.8 Å². The minimum atomic E-state index is -0.997. The normalized spacial score (nSPS) is 14.5. The van der Waals surface area contributed by atoms with Gasteiger partial charge in [-0.3, -0.25) is 19.3 Å². The minimum absolute atomic E-state index is 0.0829. The maximum absolute atomic E-state index is 13.6. The van der Waals surface area contributed by atoms with Crippen LogP contribution in [0.2, 0.25) is 0 Å². The third-order valence-electron chi connectivity index (χ3n) is 5.96. The Bertz CT molecular complexity index is 1130. The minimum Gasteiger partial charge on any atom is -0.464 e. The van der Waals surface area contributed by atoms with Crippen LogP contribution < -0.4 is 15.5 Å². The number of rotatable bonds is 8. The molecule has 0 bridgehead atoms.